The molecule has 30 heavy (non-hydrogen) atoms. The second kappa shape index (κ2) is 10.4. The quantitative estimate of drug-likeness (QED) is 0.481. The van der Waals surface area contributed by atoms with E-state index in [0.29, 0.717) is 32.1 Å². The van der Waals surface area contributed by atoms with Crippen LogP contribution in [0.5, 0.6) is 11.6 Å². The molecule has 1 N–H and O–H groups in total. The fourth-order valence-electron chi connectivity index (χ4n) is 3.10. The van der Waals surface area contributed by atoms with Crippen LogP contribution in [0.15, 0.2) is 72.9 Å². The van der Waals surface area contributed by atoms with E-state index < -0.39 is 0 Å². The number of ether oxygens (including phenoxy) is 2. The van der Waals surface area contributed by atoms with E-state index in [1.54, 1.807) is 6.07 Å². The fourth-order valence-corrected chi connectivity index (χ4v) is 3.10. The van der Waals surface area contributed by atoms with Crippen LogP contribution in [0.3, 0.4) is 0 Å². The Morgan fingerprint density at radius 1 is 1.00 bits per heavy atom. The molecule has 0 radical (unpaired) electrons. The zero-order chi connectivity index (χ0) is 21.3. The van der Waals surface area contributed by atoms with Crippen molar-refractivity contribution in [3.05, 3.63) is 90.0 Å². The van der Waals surface area contributed by atoms with Crippen molar-refractivity contribution in [2.24, 2.45) is 0 Å². The first kappa shape index (κ1) is 21.4. The maximum absolute atomic E-state index is 13.3. The average molecular weight is 407 g/mol. The molecule has 0 fully saturated rings. The molecule has 0 atom stereocenters. The predicted molar refractivity (Wildman–Crippen MR) is 118 cm³/mol. The van der Waals surface area contributed by atoms with Crippen LogP contribution < -0.4 is 14.8 Å². The maximum atomic E-state index is 13.3. The number of hydrogen-bond donors (Lipinski definition) is 1. The predicted octanol–water partition coefficient (Wildman–Crippen LogP) is 5.53. The molecule has 2 aromatic carbocycles. The summed E-state index contributed by atoms with van der Waals surface area (Å²) in [5.41, 5.74) is 4.48. The van der Waals surface area contributed by atoms with Gasteiger partial charge in [-0.1, -0.05) is 30.8 Å². The third-order valence-corrected chi connectivity index (χ3v) is 4.50. The van der Waals surface area contributed by atoms with E-state index in [2.05, 4.69) is 11.9 Å². The molecule has 3 aromatic rings. The lowest BCUT2D eigenvalue weighted by atomic mass is 10.1. The van der Waals surface area contributed by atoms with Crippen LogP contribution >= 0.6 is 0 Å². The normalized spacial score (nSPS) is 10.5. The number of hydrogen-bond acceptors (Lipinski definition) is 4. The molecule has 1 heterocycles. The van der Waals surface area contributed by atoms with E-state index in [0.717, 1.165) is 33.8 Å². The van der Waals surface area contributed by atoms with E-state index in [1.165, 1.54) is 12.1 Å². The van der Waals surface area contributed by atoms with E-state index in [-0.39, 0.29) is 5.82 Å². The number of aromatic nitrogens is 1. The molecule has 4 nitrogen and oxygen atoms in total. The third-order valence-electron chi connectivity index (χ3n) is 4.50. The molecular formula is C25H27FN2O2. The van der Waals surface area contributed by atoms with Crippen LogP contribution in [-0.2, 0) is 13.0 Å². The number of halogens is 1. The summed E-state index contributed by atoms with van der Waals surface area (Å²) in [5.74, 6) is 1.19. The van der Waals surface area contributed by atoms with Gasteiger partial charge in [0.2, 0.25) is 5.88 Å². The lowest BCUT2D eigenvalue weighted by Crippen LogP contribution is -2.14. The van der Waals surface area contributed by atoms with Gasteiger partial charge in [0, 0.05) is 24.2 Å². The Balaban J connectivity index is 1.70. The molecule has 3 rings (SSSR count). The highest BCUT2D eigenvalue weighted by Crippen LogP contribution is 2.30. The summed E-state index contributed by atoms with van der Waals surface area (Å²) in [4.78, 5) is 4.69. The molecular weight excluding hydrogens is 379 g/mol. The standard InChI is InChI=1S/C25H27FN2O2/c1-4-29-23-12-9-20(10-13-23)24-14-11-22(28-25(24)30-5-2)15-18(3)27-17-19-7-6-8-21(26)16-19/h6-14,16,27H,3-5,15,17H2,1-2H3. The van der Waals surface area contributed by atoms with E-state index in [4.69, 9.17) is 14.5 Å². The minimum absolute atomic E-state index is 0.243. The summed E-state index contributed by atoms with van der Waals surface area (Å²) in [6.45, 7) is 9.65. The summed E-state index contributed by atoms with van der Waals surface area (Å²) in [6, 6.07) is 18.4. The van der Waals surface area contributed by atoms with Crippen LogP contribution in [0.2, 0.25) is 0 Å². The highest BCUT2D eigenvalue weighted by atomic mass is 19.1. The van der Waals surface area contributed by atoms with Gasteiger partial charge in [0.1, 0.15) is 11.6 Å². The van der Waals surface area contributed by atoms with Crippen molar-refractivity contribution < 1.29 is 13.9 Å². The average Bonchev–Trinajstić information content (AvgIpc) is 2.74. The second-order valence-electron chi connectivity index (χ2n) is 6.81. The van der Waals surface area contributed by atoms with Crippen molar-refractivity contribution in [1.82, 2.24) is 10.3 Å². The molecule has 0 aliphatic rings. The molecule has 0 saturated carbocycles. The zero-order valence-corrected chi connectivity index (χ0v) is 17.5. The van der Waals surface area contributed by atoms with E-state index in [9.17, 15) is 4.39 Å². The van der Waals surface area contributed by atoms with Gasteiger partial charge in [-0.25, -0.2) is 9.37 Å². The van der Waals surface area contributed by atoms with Crippen LogP contribution in [0.25, 0.3) is 11.1 Å². The molecule has 0 amide bonds. The lowest BCUT2D eigenvalue weighted by Gasteiger charge is -2.14. The van der Waals surface area contributed by atoms with Gasteiger partial charge in [0.05, 0.1) is 18.9 Å². The summed E-state index contributed by atoms with van der Waals surface area (Å²) < 4.78 is 24.6. The van der Waals surface area contributed by atoms with Crippen molar-refractivity contribution in [3.63, 3.8) is 0 Å². The van der Waals surface area contributed by atoms with E-state index >= 15 is 0 Å². The number of nitrogens with zero attached hydrogens (tertiary/aromatic N) is 1. The fraction of sp³-hybridized carbons (Fsp3) is 0.240. The molecule has 0 spiro atoms. The molecule has 0 saturated heterocycles. The molecule has 156 valence electrons. The smallest absolute Gasteiger partial charge is 0.221 e. The largest absolute Gasteiger partial charge is 0.494 e. The number of pyridine rings is 1. The Bertz CT molecular complexity index is 987. The molecule has 1 aromatic heterocycles. The first-order valence-electron chi connectivity index (χ1n) is 10.1. The van der Waals surface area contributed by atoms with Gasteiger partial charge in [-0.05, 0) is 61.4 Å². The Labute approximate surface area is 177 Å². The van der Waals surface area contributed by atoms with Gasteiger partial charge in [-0.2, -0.15) is 0 Å². The Morgan fingerprint density at radius 3 is 2.47 bits per heavy atom. The van der Waals surface area contributed by atoms with Crippen molar-refractivity contribution in [2.45, 2.75) is 26.8 Å². The molecule has 0 aliphatic carbocycles. The number of allylic oxidation sites excluding steroid dienone is 1. The maximum Gasteiger partial charge on any atom is 0.221 e. The summed E-state index contributed by atoms with van der Waals surface area (Å²) in [5, 5.41) is 3.23. The number of benzene rings is 2. The van der Waals surface area contributed by atoms with Crippen LogP contribution in [0, 0.1) is 5.82 Å². The van der Waals surface area contributed by atoms with Crippen LogP contribution in [0.4, 0.5) is 4.39 Å². The first-order valence-corrected chi connectivity index (χ1v) is 10.1. The van der Waals surface area contributed by atoms with Gasteiger partial charge >= 0.3 is 0 Å². The topological polar surface area (TPSA) is 43.4 Å². The minimum Gasteiger partial charge on any atom is -0.494 e. The van der Waals surface area contributed by atoms with Gasteiger partial charge in [-0.15, -0.1) is 0 Å². The molecule has 0 bridgehead atoms. The highest BCUT2D eigenvalue weighted by Gasteiger charge is 2.11. The lowest BCUT2D eigenvalue weighted by molar-refractivity contribution is 0.327. The SMILES string of the molecule is C=C(Cc1ccc(-c2ccc(OCC)cc2)c(OCC)n1)NCc1cccc(F)c1. The minimum atomic E-state index is -0.243. The van der Waals surface area contributed by atoms with Crippen LogP contribution in [-0.4, -0.2) is 18.2 Å². The number of rotatable bonds is 10. The van der Waals surface area contributed by atoms with Gasteiger partial charge in [0.15, 0.2) is 0 Å². The molecule has 0 unspecified atom stereocenters. The van der Waals surface area contributed by atoms with Crippen molar-refractivity contribution in [3.8, 4) is 22.8 Å². The Kier molecular flexibility index (Phi) is 7.44. The van der Waals surface area contributed by atoms with Gasteiger partial charge in [0.25, 0.3) is 0 Å². The summed E-state index contributed by atoms with van der Waals surface area (Å²) in [7, 11) is 0. The van der Waals surface area contributed by atoms with Gasteiger partial charge in [-0.3, -0.25) is 0 Å². The monoisotopic (exact) mass is 406 g/mol. The number of nitrogens with one attached hydrogen (secondary N) is 1. The first-order chi connectivity index (χ1) is 14.6. The van der Waals surface area contributed by atoms with Crippen LogP contribution in [0.1, 0.15) is 25.1 Å². The molecule has 5 heteroatoms. The summed E-state index contributed by atoms with van der Waals surface area (Å²) >= 11 is 0. The van der Waals surface area contributed by atoms with Gasteiger partial charge < -0.3 is 14.8 Å². The third kappa shape index (κ3) is 5.83. The second-order valence-corrected chi connectivity index (χ2v) is 6.81. The summed E-state index contributed by atoms with van der Waals surface area (Å²) in [6.07, 6.45) is 0.555. The Morgan fingerprint density at radius 2 is 1.77 bits per heavy atom. The van der Waals surface area contributed by atoms with E-state index in [1.807, 2.05) is 56.3 Å². The Hall–Kier alpha value is -3.34. The molecule has 0 aliphatic heterocycles. The highest BCUT2D eigenvalue weighted by molar-refractivity contribution is 5.69. The van der Waals surface area contributed by atoms with Crippen molar-refractivity contribution >= 4 is 0 Å². The zero-order valence-electron chi connectivity index (χ0n) is 17.5. The van der Waals surface area contributed by atoms with Crippen molar-refractivity contribution in [2.75, 3.05) is 13.2 Å². The van der Waals surface area contributed by atoms with Crippen molar-refractivity contribution in [1.29, 1.82) is 0 Å².